The minimum Gasteiger partial charge on any atom is -0.497 e. The summed E-state index contributed by atoms with van der Waals surface area (Å²) in [5.41, 5.74) is 13.0. The lowest BCUT2D eigenvalue weighted by molar-refractivity contribution is 0.415. The van der Waals surface area contributed by atoms with E-state index in [0.29, 0.717) is 6.54 Å². The summed E-state index contributed by atoms with van der Waals surface area (Å²) in [7, 11) is 3.65. The van der Waals surface area contributed by atoms with Crippen molar-refractivity contribution >= 4 is 0 Å². The van der Waals surface area contributed by atoms with Gasteiger partial charge in [-0.3, -0.25) is 4.68 Å². The number of ether oxygens (including phenoxy) is 1. The van der Waals surface area contributed by atoms with Crippen molar-refractivity contribution in [1.82, 2.24) is 9.78 Å². The maximum atomic E-state index is 6.13. The second-order valence-corrected chi connectivity index (χ2v) is 6.52. The largest absolute Gasteiger partial charge is 0.497 e. The van der Waals surface area contributed by atoms with Crippen LogP contribution in [0.15, 0.2) is 48.5 Å². The van der Waals surface area contributed by atoms with E-state index < -0.39 is 0 Å². The average Bonchev–Trinajstić information content (AvgIpc) is 2.97. The molecule has 3 aromatic rings. The van der Waals surface area contributed by atoms with E-state index in [-0.39, 0.29) is 5.92 Å². The Labute approximate surface area is 149 Å². The number of aromatic nitrogens is 2. The highest BCUT2D eigenvalue weighted by Gasteiger charge is 2.19. The lowest BCUT2D eigenvalue weighted by Crippen LogP contribution is -2.17. The first-order valence-corrected chi connectivity index (χ1v) is 8.48. The number of hydrogen-bond donors (Lipinski definition) is 1. The number of benzene rings is 2. The molecule has 0 aliphatic carbocycles. The molecule has 0 saturated carbocycles. The van der Waals surface area contributed by atoms with Gasteiger partial charge in [-0.2, -0.15) is 5.10 Å². The Hall–Kier alpha value is -2.59. The van der Waals surface area contributed by atoms with Gasteiger partial charge in [0.05, 0.1) is 12.8 Å². The molecule has 25 heavy (non-hydrogen) atoms. The van der Waals surface area contributed by atoms with Crippen molar-refractivity contribution in [3.63, 3.8) is 0 Å². The molecule has 1 heterocycles. The van der Waals surface area contributed by atoms with Crippen LogP contribution in [0.5, 0.6) is 5.75 Å². The third-order valence-corrected chi connectivity index (χ3v) is 4.54. The molecule has 1 atom stereocenters. The second kappa shape index (κ2) is 7.11. The van der Waals surface area contributed by atoms with E-state index in [9.17, 15) is 0 Å². The molecule has 2 N–H and O–H groups in total. The van der Waals surface area contributed by atoms with Crippen molar-refractivity contribution < 1.29 is 4.74 Å². The van der Waals surface area contributed by atoms with E-state index in [1.807, 2.05) is 36.0 Å². The maximum Gasteiger partial charge on any atom is 0.118 e. The first kappa shape index (κ1) is 17.2. The molecule has 130 valence electrons. The smallest absolute Gasteiger partial charge is 0.118 e. The van der Waals surface area contributed by atoms with Crippen LogP contribution in [0.1, 0.15) is 28.3 Å². The second-order valence-electron chi connectivity index (χ2n) is 6.52. The summed E-state index contributed by atoms with van der Waals surface area (Å²) in [5, 5.41) is 4.70. The molecule has 0 saturated heterocycles. The summed E-state index contributed by atoms with van der Waals surface area (Å²) in [6.45, 7) is 4.79. The molecule has 2 aromatic carbocycles. The van der Waals surface area contributed by atoms with E-state index >= 15 is 0 Å². The van der Waals surface area contributed by atoms with E-state index in [1.54, 1.807) is 7.11 Å². The number of nitrogens with two attached hydrogens (primary N) is 1. The van der Waals surface area contributed by atoms with Gasteiger partial charge in [0.2, 0.25) is 0 Å². The first-order chi connectivity index (χ1) is 12.0. The van der Waals surface area contributed by atoms with Crippen LogP contribution in [0, 0.1) is 13.8 Å². The van der Waals surface area contributed by atoms with Gasteiger partial charge in [0.15, 0.2) is 0 Å². The minimum atomic E-state index is 0.128. The zero-order chi connectivity index (χ0) is 18.0. The summed E-state index contributed by atoms with van der Waals surface area (Å²) in [5.74, 6) is 0.970. The summed E-state index contributed by atoms with van der Waals surface area (Å²) in [6, 6.07) is 16.7. The molecule has 4 nitrogen and oxygen atoms in total. The fourth-order valence-corrected chi connectivity index (χ4v) is 3.35. The third kappa shape index (κ3) is 3.59. The number of methoxy groups -OCH3 is 1. The monoisotopic (exact) mass is 335 g/mol. The normalized spacial score (nSPS) is 12.2. The van der Waals surface area contributed by atoms with Crippen LogP contribution in [0.25, 0.3) is 11.3 Å². The zero-order valence-corrected chi connectivity index (χ0v) is 15.3. The lowest BCUT2D eigenvalue weighted by atomic mass is 9.92. The molecule has 0 amide bonds. The molecule has 0 aliphatic rings. The quantitative estimate of drug-likeness (QED) is 0.771. The van der Waals surface area contributed by atoms with Gasteiger partial charge in [0.25, 0.3) is 0 Å². The van der Waals surface area contributed by atoms with Crippen LogP contribution in [-0.4, -0.2) is 23.4 Å². The van der Waals surface area contributed by atoms with Crippen molar-refractivity contribution in [3.05, 3.63) is 70.9 Å². The van der Waals surface area contributed by atoms with Gasteiger partial charge in [-0.25, -0.2) is 0 Å². The fraction of sp³-hybridized carbons (Fsp3) is 0.286. The molecule has 4 heteroatoms. The molecule has 0 aliphatic heterocycles. The van der Waals surface area contributed by atoms with E-state index in [0.717, 1.165) is 22.7 Å². The van der Waals surface area contributed by atoms with Crippen LogP contribution in [0.3, 0.4) is 0 Å². The van der Waals surface area contributed by atoms with E-state index in [4.69, 9.17) is 15.6 Å². The van der Waals surface area contributed by atoms with Crippen molar-refractivity contribution in [2.75, 3.05) is 13.7 Å². The Bertz CT molecular complexity index is 845. The number of hydrogen-bond acceptors (Lipinski definition) is 3. The Morgan fingerprint density at radius 1 is 1.04 bits per heavy atom. The van der Waals surface area contributed by atoms with Gasteiger partial charge in [-0.1, -0.05) is 29.3 Å². The summed E-state index contributed by atoms with van der Waals surface area (Å²) >= 11 is 0. The molecule has 1 unspecified atom stereocenters. The maximum absolute atomic E-state index is 6.13. The Morgan fingerprint density at radius 2 is 1.68 bits per heavy atom. The van der Waals surface area contributed by atoms with Gasteiger partial charge in [-0.15, -0.1) is 0 Å². The summed E-state index contributed by atoms with van der Waals surface area (Å²) < 4.78 is 7.17. The lowest BCUT2D eigenvalue weighted by Gasteiger charge is -2.17. The van der Waals surface area contributed by atoms with Crippen LogP contribution in [-0.2, 0) is 7.05 Å². The average molecular weight is 335 g/mol. The molecular formula is C21H25N3O. The van der Waals surface area contributed by atoms with Crippen LogP contribution >= 0.6 is 0 Å². The molecule has 0 spiro atoms. The Kier molecular flexibility index (Phi) is 4.91. The van der Waals surface area contributed by atoms with Crippen LogP contribution in [0.2, 0.25) is 0 Å². The Balaban J connectivity index is 1.99. The molecule has 1 aromatic heterocycles. The predicted molar refractivity (Wildman–Crippen MR) is 102 cm³/mol. The van der Waals surface area contributed by atoms with E-state index in [2.05, 4.69) is 38.1 Å². The predicted octanol–water partition coefficient (Wildman–Crippen LogP) is 3.80. The summed E-state index contributed by atoms with van der Waals surface area (Å²) in [6.07, 6.45) is 0. The van der Waals surface area contributed by atoms with Crippen molar-refractivity contribution in [2.45, 2.75) is 19.8 Å². The number of rotatable bonds is 5. The van der Waals surface area contributed by atoms with E-state index in [1.165, 1.54) is 16.7 Å². The standard InChI is InChI=1S/C21H25N3O/c1-14-9-15(2)11-17(10-14)19(13-22)21-12-20(23-24(21)3)16-5-7-18(25-4)8-6-16/h5-12,19H,13,22H2,1-4H3. The van der Waals surface area contributed by atoms with Crippen LogP contribution < -0.4 is 10.5 Å². The number of nitrogens with zero attached hydrogens (tertiary/aromatic N) is 2. The highest BCUT2D eigenvalue weighted by Crippen LogP contribution is 2.29. The minimum absolute atomic E-state index is 0.128. The van der Waals surface area contributed by atoms with Crippen LogP contribution in [0.4, 0.5) is 0 Å². The topological polar surface area (TPSA) is 53.1 Å². The molecule has 0 fully saturated rings. The van der Waals surface area contributed by atoms with Crippen molar-refractivity contribution in [1.29, 1.82) is 0 Å². The molecule has 0 radical (unpaired) electrons. The van der Waals surface area contributed by atoms with Gasteiger partial charge in [0.1, 0.15) is 5.75 Å². The molecule has 0 bridgehead atoms. The highest BCUT2D eigenvalue weighted by atomic mass is 16.5. The van der Waals surface area contributed by atoms with Crippen molar-refractivity contribution in [3.8, 4) is 17.0 Å². The SMILES string of the molecule is COc1ccc(-c2cc(C(CN)c3cc(C)cc(C)c3)n(C)n2)cc1. The highest BCUT2D eigenvalue weighted by molar-refractivity contribution is 5.61. The first-order valence-electron chi connectivity index (χ1n) is 8.48. The van der Waals surface area contributed by atoms with Gasteiger partial charge >= 0.3 is 0 Å². The van der Waals surface area contributed by atoms with Crippen molar-refractivity contribution in [2.24, 2.45) is 12.8 Å². The zero-order valence-electron chi connectivity index (χ0n) is 15.3. The fourth-order valence-electron chi connectivity index (χ4n) is 3.35. The van der Waals surface area contributed by atoms with Gasteiger partial charge in [0, 0.05) is 30.8 Å². The Morgan fingerprint density at radius 3 is 2.24 bits per heavy atom. The molecule has 3 rings (SSSR count). The van der Waals surface area contributed by atoms with Gasteiger partial charge in [-0.05, 0) is 49.7 Å². The molecular weight excluding hydrogens is 310 g/mol. The number of aryl methyl sites for hydroxylation is 3. The third-order valence-electron chi connectivity index (χ3n) is 4.54. The van der Waals surface area contributed by atoms with Gasteiger partial charge < -0.3 is 10.5 Å². The summed E-state index contributed by atoms with van der Waals surface area (Å²) in [4.78, 5) is 0.